The van der Waals surface area contributed by atoms with Gasteiger partial charge in [0.2, 0.25) is 0 Å². The van der Waals surface area contributed by atoms with E-state index in [1.165, 1.54) is 29.5 Å². The summed E-state index contributed by atoms with van der Waals surface area (Å²) in [5.74, 6) is 0. The molecule has 18 heavy (non-hydrogen) atoms. The van der Waals surface area contributed by atoms with E-state index in [2.05, 4.69) is 40.8 Å². The molecule has 0 spiro atoms. The maximum atomic E-state index is 3.97. The molecule has 1 atom stereocenters. The van der Waals surface area contributed by atoms with Crippen molar-refractivity contribution in [1.29, 1.82) is 0 Å². The normalized spacial score (nSPS) is 17.9. The van der Waals surface area contributed by atoms with E-state index in [1.807, 2.05) is 10.9 Å². The average Bonchev–Trinajstić information content (AvgIpc) is 2.99. The van der Waals surface area contributed by atoms with E-state index >= 15 is 0 Å². The summed E-state index contributed by atoms with van der Waals surface area (Å²) < 4.78 is 1.86. The largest absolute Gasteiger partial charge is 0.308 e. The first-order chi connectivity index (χ1) is 8.83. The maximum absolute atomic E-state index is 3.97. The molecule has 0 fully saturated rings. The molecule has 1 aromatic heterocycles. The van der Waals surface area contributed by atoms with Crippen molar-refractivity contribution in [2.45, 2.75) is 32.4 Å². The Balaban J connectivity index is 1.61. The molecule has 1 aliphatic rings. The van der Waals surface area contributed by atoms with Crippen LogP contribution >= 0.6 is 0 Å². The van der Waals surface area contributed by atoms with Crippen LogP contribution in [0.15, 0.2) is 30.6 Å². The number of nitrogens with one attached hydrogen (secondary N) is 1. The average molecular weight is 242 g/mol. The second-order valence-corrected chi connectivity index (χ2v) is 4.91. The lowest BCUT2D eigenvalue weighted by Crippen LogP contribution is -2.24. The van der Waals surface area contributed by atoms with Gasteiger partial charge in [0.25, 0.3) is 0 Å². The van der Waals surface area contributed by atoms with Gasteiger partial charge in [0.15, 0.2) is 0 Å². The summed E-state index contributed by atoms with van der Waals surface area (Å²) in [7, 11) is 0. The number of nitrogens with zero attached hydrogens (tertiary/aromatic N) is 3. The van der Waals surface area contributed by atoms with Gasteiger partial charge in [-0.05, 0) is 30.9 Å². The van der Waals surface area contributed by atoms with Crippen molar-refractivity contribution in [2.24, 2.45) is 0 Å². The molecular weight excluding hydrogens is 224 g/mol. The van der Waals surface area contributed by atoms with Crippen LogP contribution in [0.2, 0.25) is 0 Å². The van der Waals surface area contributed by atoms with E-state index in [0.717, 1.165) is 13.1 Å². The maximum Gasteiger partial charge on any atom is 0.0692 e. The van der Waals surface area contributed by atoms with Crippen molar-refractivity contribution in [3.63, 3.8) is 0 Å². The number of aryl methyl sites for hydroxylation is 2. The summed E-state index contributed by atoms with van der Waals surface area (Å²) in [5, 5.41) is 11.4. The van der Waals surface area contributed by atoms with E-state index in [0.29, 0.717) is 6.04 Å². The Morgan fingerprint density at radius 3 is 3.22 bits per heavy atom. The summed E-state index contributed by atoms with van der Waals surface area (Å²) >= 11 is 0. The molecule has 1 aromatic carbocycles. The zero-order chi connectivity index (χ0) is 12.4. The molecule has 2 aromatic rings. The highest BCUT2D eigenvalue weighted by Crippen LogP contribution is 2.31. The Labute approximate surface area is 107 Å². The minimum Gasteiger partial charge on any atom is -0.308 e. The van der Waals surface area contributed by atoms with Crippen LogP contribution < -0.4 is 5.32 Å². The predicted octanol–water partition coefficient (Wildman–Crippen LogP) is 1.86. The van der Waals surface area contributed by atoms with Gasteiger partial charge in [0.05, 0.1) is 12.7 Å². The van der Waals surface area contributed by atoms with Gasteiger partial charge in [-0.3, -0.25) is 4.68 Å². The molecular formula is C14H18N4. The summed E-state index contributed by atoms with van der Waals surface area (Å²) in [5.41, 5.74) is 4.33. The number of fused-ring (bicyclic) bond motifs is 1. The van der Waals surface area contributed by atoms with Gasteiger partial charge in [0.1, 0.15) is 0 Å². The molecule has 3 rings (SSSR count). The van der Waals surface area contributed by atoms with Gasteiger partial charge in [0, 0.05) is 18.8 Å². The van der Waals surface area contributed by atoms with Crippen molar-refractivity contribution in [3.05, 3.63) is 47.3 Å². The third-order valence-electron chi connectivity index (χ3n) is 3.58. The number of hydrogen-bond acceptors (Lipinski definition) is 3. The highest BCUT2D eigenvalue weighted by atomic mass is 15.4. The lowest BCUT2D eigenvalue weighted by molar-refractivity contribution is 0.478. The fourth-order valence-electron chi connectivity index (χ4n) is 2.64. The van der Waals surface area contributed by atoms with Gasteiger partial charge in [-0.1, -0.05) is 29.0 Å². The Morgan fingerprint density at radius 1 is 1.44 bits per heavy atom. The molecule has 0 saturated carbocycles. The summed E-state index contributed by atoms with van der Waals surface area (Å²) in [6.07, 6.45) is 6.01. The zero-order valence-electron chi connectivity index (χ0n) is 10.6. The second kappa shape index (κ2) is 4.90. The molecule has 4 nitrogen and oxygen atoms in total. The van der Waals surface area contributed by atoms with Crippen molar-refractivity contribution in [3.8, 4) is 0 Å². The SMILES string of the molecule is Cc1ccc2c(c1)C(NCCn1ccnn1)CC2. The lowest BCUT2D eigenvalue weighted by atomic mass is 10.1. The zero-order valence-corrected chi connectivity index (χ0v) is 10.6. The second-order valence-electron chi connectivity index (χ2n) is 4.91. The van der Waals surface area contributed by atoms with Crippen LogP contribution in [0.4, 0.5) is 0 Å². The topological polar surface area (TPSA) is 42.7 Å². The monoisotopic (exact) mass is 242 g/mol. The first-order valence-electron chi connectivity index (χ1n) is 6.50. The highest BCUT2D eigenvalue weighted by Gasteiger charge is 2.21. The third-order valence-corrected chi connectivity index (χ3v) is 3.58. The van der Waals surface area contributed by atoms with Gasteiger partial charge < -0.3 is 5.32 Å². The van der Waals surface area contributed by atoms with Crippen LogP contribution in [-0.4, -0.2) is 21.5 Å². The highest BCUT2D eigenvalue weighted by molar-refractivity contribution is 5.37. The standard InChI is InChI=1S/C14H18N4/c1-11-2-3-12-4-5-14(13(12)10-11)15-6-8-18-9-7-16-17-18/h2-3,7,9-10,14-15H,4-6,8H2,1H3. The number of hydrogen-bond donors (Lipinski definition) is 1. The minimum atomic E-state index is 0.503. The molecule has 0 aliphatic heterocycles. The number of rotatable bonds is 4. The molecule has 0 saturated heterocycles. The van der Waals surface area contributed by atoms with E-state index in [9.17, 15) is 0 Å². The van der Waals surface area contributed by atoms with Crippen molar-refractivity contribution in [2.75, 3.05) is 6.54 Å². The van der Waals surface area contributed by atoms with E-state index in [-0.39, 0.29) is 0 Å². The first kappa shape index (κ1) is 11.4. The molecule has 94 valence electrons. The minimum absolute atomic E-state index is 0.503. The van der Waals surface area contributed by atoms with Crippen molar-refractivity contribution >= 4 is 0 Å². The molecule has 1 unspecified atom stereocenters. The molecule has 0 radical (unpaired) electrons. The van der Waals surface area contributed by atoms with Crippen LogP contribution in [0.25, 0.3) is 0 Å². The van der Waals surface area contributed by atoms with Crippen LogP contribution in [0.1, 0.15) is 29.2 Å². The fourth-order valence-corrected chi connectivity index (χ4v) is 2.64. The van der Waals surface area contributed by atoms with Gasteiger partial charge in [-0.25, -0.2) is 0 Å². The van der Waals surface area contributed by atoms with Gasteiger partial charge in [-0.15, -0.1) is 5.10 Å². The van der Waals surface area contributed by atoms with E-state index in [1.54, 1.807) is 6.20 Å². The molecule has 1 N–H and O–H groups in total. The summed E-state index contributed by atoms with van der Waals surface area (Å²) in [6.45, 7) is 3.96. The quantitative estimate of drug-likeness (QED) is 0.890. The van der Waals surface area contributed by atoms with Gasteiger partial charge >= 0.3 is 0 Å². The predicted molar refractivity (Wildman–Crippen MR) is 70.3 cm³/mol. The number of aromatic nitrogens is 3. The first-order valence-corrected chi connectivity index (χ1v) is 6.50. The molecule has 0 amide bonds. The van der Waals surface area contributed by atoms with Crippen molar-refractivity contribution in [1.82, 2.24) is 20.3 Å². The smallest absolute Gasteiger partial charge is 0.0692 e. The Bertz CT molecular complexity index is 519. The fraction of sp³-hybridized carbons (Fsp3) is 0.429. The summed E-state index contributed by atoms with van der Waals surface area (Å²) in [6, 6.07) is 7.29. The summed E-state index contributed by atoms with van der Waals surface area (Å²) in [4.78, 5) is 0. The molecule has 0 bridgehead atoms. The van der Waals surface area contributed by atoms with E-state index in [4.69, 9.17) is 0 Å². The Hall–Kier alpha value is -1.68. The Morgan fingerprint density at radius 2 is 2.39 bits per heavy atom. The molecule has 1 aliphatic carbocycles. The van der Waals surface area contributed by atoms with Crippen LogP contribution in [0.3, 0.4) is 0 Å². The van der Waals surface area contributed by atoms with Crippen LogP contribution in [0.5, 0.6) is 0 Å². The van der Waals surface area contributed by atoms with Gasteiger partial charge in [-0.2, -0.15) is 0 Å². The Kier molecular flexibility index (Phi) is 3.11. The number of benzene rings is 1. The molecule has 1 heterocycles. The van der Waals surface area contributed by atoms with Crippen LogP contribution in [-0.2, 0) is 13.0 Å². The van der Waals surface area contributed by atoms with Crippen LogP contribution in [0, 0.1) is 6.92 Å². The van der Waals surface area contributed by atoms with E-state index < -0.39 is 0 Å². The lowest BCUT2D eigenvalue weighted by Gasteiger charge is -2.14. The van der Waals surface area contributed by atoms with Crippen molar-refractivity contribution < 1.29 is 0 Å². The third kappa shape index (κ3) is 2.29. The molecule has 4 heteroatoms.